The summed E-state index contributed by atoms with van der Waals surface area (Å²) in [5.74, 6) is -0.0112. The van der Waals surface area contributed by atoms with E-state index in [1.54, 1.807) is 18.0 Å². The molecule has 2 aliphatic carbocycles. The molecule has 1 aromatic rings. The predicted molar refractivity (Wildman–Crippen MR) is 103 cm³/mol. The first-order chi connectivity index (χ1) is 12.1. The van der Waals surface area contributed by atoms with Crippen molar-refractivity contribution < 1.29 is 9.59 Å². The molecule has 0 spiro atoms. The number of carbonyl (C=O) groups is 2. The van der Waals surface area contributed by atoms with Crippen molar-refractivity contribution in [1.82, 2.24) is 10.6 Å². The third-order valence-electron chi connectivity index (χ3n) is 4.93. The second kappa shape index (κ2) is 7.95. The van der Waals surface area contributed by atoms with E-state index in [9.17, 15) is 9.59 Å². The molecule has 25 heavy (non-hydrogen) atoms. The Balaban J connectivity index is 1.69. The molecule has 2 N–H and O–H groups in total. The maximum absolute atomic E-state index is 12.7. The van der Waals surface area contributed by atoms with Crippen LogP contribution in [0.15, 0.2) is 24.3 Å². The van der Waals surface area contributed by atoms with E-state index in [0.717, 1.165) is 25.7 Å². The summed E-state index contributed by atoms with van der Waals surface area (Å²) in [6.45, 7) is 0. The molecule has 0 atom stereocenters. The highest BCUT2D eigenvalue weighted by atomic mass is 32.1. The van der Waals surface area contributed by atoms with E-state index in [2.05, 4.69) is 10.6 Å². The number of rotatable bonds is 4. The first-order valence-corrected chi connectivity index (χ1v) is 9.45. The van der Waals surface area contributed by atoms with E-state index < -0.39 is 0 Å². The fraction of sp³-hybridized carbons (Fsp3) is 0.526. The number of amides is 2. The molecule has 2 saturated carbocycles. The van der Waals surface area contributed by atoms with Crippen LogP contribution in [0.3, 0.4) is 0 Å². The highest BCUT2D eigenvalue weighted by Gasteiger charge is 2.31. The molecule has 0 aromatic heterocycles. The summed E-state index contributed by atoms with van der Waals surface area (Å²) in [7, 11) is 1.78. The highest BCUT2D eigenvalue weighted by molar-refractivity contribution is 7.80. The predicted octanol–water partition coefficient (Wildman–Crippen LogP) is 3.00. The van der Waals surface area contributed by atoms with Crippen molar-refractivity contribution in [2.75, 3.05) is 11.9 Å². The molecule has 2 aliphatic rings. The van der Waals surface area contributed by atoms with Crippen molar-refractivity contribution >= 4 is 34.8 Å². The number of benzene rings is 1. The quantitative estimate of drug-likeness (QED) is 0.812. The summed E-state index contributed by atoms with van der Waals surface area (Å²) in [6, 6.07) is 7.62. The molecule has 1 aromatic carbocycles. The smallest absolute Gasteiger partial charge is 0.253 e. The number of carbonyl (C=O) groups excluding carboxylic acids is 2. The molecular formula is C19H25N3O2S. The molecule has 0 unspecified atom stereocenters. The summed E-state index contributed by atoms with van der Waals surface area (Å²) < 4.78 is 0. The first kappa shape index (κ1) is 17.9. The summed E-state index contributed by atoms with van der Waals surface area (Å²) in [5, 5.41) is 6.25. The average molecular weight is 359 g/mol. The van der Waals surface area contributed by atoms with Crippen molar-refractivity contribution in [3.8, 4) is 0 Å². The minimum absolute atomic E-state index is 0.0269. The Bertz CT molecular complexity index is 666. The standard InChI is InChI=1S/C19H25N3O2S/c1-22(19(25)21-17(23)13-11-12-13)16-10-6-5-9-15(16)18(24)20-14-7-3-2-4-8-14/h5-6,9-10,13-14H,2-4,7-8,11-12H2,1H3,(H,20,24)(H,21,23,25). The zero-order chi connectivity index (χ0) is 17.8. The molecule has 2 fully saturated rings. The van der Waals surface area contributed by atoms with Gasteiger partial charge in [-0.15, -0.1) is 0 Å². The van der Waals surface area contributed by atoms with E-state index in [-0.39, 0.29) is 23.8 Å². The van der Waals surface area contributed by atoms with E-state index in [1.165, 1.54) is 19.3 Å². The van der Waals surface area contributed by atoms with Gasteiger partial charge < -0.3 is 15.5 Å². The van der Waals surface area contributed by atoms with Crippen LogP contribution in [-0.2, 0) is 4.79 Å². The Labute approximate surface area is 154 Å². The molecule has 5 nitrogen and oxygen atoms in total. The Morgan fingerprint density at radius 2 is 1.76 bits per heavy atom. The van der Waals surface area contributed by atoms with Gasteiger partial charge in [-0.2, -0.15) is 0 Å². The van der Waals surface area contributed by atoms with Gasteiger partial charge in [-0.05, 0) is 50.0 Å². The lowest BCUT2D eigenvalue weighted by Gasteiger charge is -2.26. The molecule has 0 bridgehead atoms. The van der Waals surface area contributed by atoms with Crippen molar-refractivity contribution in [3.05, 3.63) is 29.8 Å². The van der Waals surface area contributed by atoms with Crippen molar-refractivity contribution in [2.45, 2.75) is 51.0 Å². The summed E-state index contributed by atoms with van der Waals surface area (Å²) in [6.07, 6.45) is 7.53. The second-order valence-electron chi connectivity index (χ2n) is 6.95. The lowest BCUT2D eigenvalue weighted by atomic mass is 9.95. The van der Waals surface area contributed by atoms with Crippen LogP contribution in [0.5, 0.6) is 0 Å². The van der Waals surface area contributed by atoms with Crippen LogP contribution in [0.1, 0.15) is 55.3 Å². The molecule has 2 amide bonds. The van der Waals surface area contributed by atoms with E-state index in [0.29, 0.717) is 16.4 Å². The molecule has 0 radical (unpaired) electrons. The zero-order valence-corrected chi connectivity index (χ0v) is 15.4. The molecular weight excluding hydrogens is 334 g/mol. The highest BCUT2D eigenvalue weighted by Crippen LogP contribution is 2.29. The van der Waals surface area contributed by atoms with Crippen LogP contribution >= 0.6 is 12.2 Å². The molecule has 0 heterocycles. The van der Waals surface area contributed by atoms with Crippen LogP contribution in [0, 0.1) is 5.92 Å². The average Bonchev–Trinajstić information content (AvgIpc) is 3.47. The second-order valence-corrected chi connectivity index (χ2v) is 7.34. The van der Waals surface area contributed by atoms with Gasteiger partial charge in [0, 0.05) is 19.0 Å². The van der Waals surface area contributed by atoms with Gasteiger partial charge in [0.2, 0.25) is 5.91 Å². The van der Waals surface area contributed by atoms with Crippen LogP contribution < -0.4 is 15.5 Å². The van der Waals surface area contributed by atoms with Crippen molar-refractivity contribution in [2.24, 2.45) is 5.92 Å². The number of thiocarbonyl (C=S) groups is 1. The third-order valence-corrected chi connectivity index (χ3v) is 5.31. The SMILES string of the molecule is CN(C(=S)NC(=O)C1CC1)c1ccccc1C(=O)NC1CCCCC1. The largest absolute Gasteiger partial charge is 0.349 e. The molecule has 134 valence electrons. The lowest BCUT2D eigenvalue weighted by molar-refractivity contribution is -0.120. The minimum Gasteiger partial charge on any atom is -0.349 e. The number of hydrogen-bond acceptors (Lipinski definition) is 3. The van der Waals surface area contributed by atoms with Gasteiger partial charge in [0.1, 0.15) is 0 Å². The normalized spacial score (nSPS) is 17.6. The Morgan fingerprint density at radius 1 is 1.08 bits per heavy atom. The van der Waals surface area contributed by atoms with Crippen LogP contribution in [0.4, 0.5) is 5.69 Å². The van der Waals surface area contributed by atoms with Crippen LogP contribution in [0.25, 0.3) is 0 Å². The maximum Gasteiger partial charge on any atom is 0.253 e. The monoisotopic (exact) mass is 359 g/mol. The Morgan fingerprint density at radius 3 is 2.44 bits per heavy atom. The van der Waals surface area contributed by atoms with E-state index in [4.69, 9.17) is 12.2 Å². The summed E-state index contributed by atoms with van der Waals surface area (Å²) >= 11 is 5.35. The third kappa shape index (κ3) is 4.57. The van der Waals surface area contributed by atoms with E-state index >= 15 is 0 Å². The van der Waals surface area contributed by atoms with E-state index in [1.807, 2.05) is 18.2 Å². The fourth-order valence-corrected chi connectivity index (χ4v) is 3.41. The van der Waals surface area contributed by atoms with Crippen molar-refractivity contribution in [1.29, 1.82) is 0 Å². The minimum atomic E-state index is -0.0781. The van der Waals surface area contributed by atoms with Gasteiger partial charge in [-0.25, -0.2) is 0 Å². The topological polar surface area (TPSA) is 61.4 Å². The lowest BCUT2D eigenvalue weighted by Crippen LogP contribution is -2.42. The summed E-state index contributed by atoms with van der Waals surface area (Å²) in [5.41, 5.74) is 1.29. The molecule has 0 aliphatic heterocycles. The number of para-hydroxylation sites is 1. The summed E-state index contributed by atoms with van der Waals surface area (Å²) in [4.78, 5) is 26.4. The zero-order valence-electron chi connectivity index (χ0n) is 14.6. The van der Waals surface area contributed by atoms with Gasteiger partial charge in [0.25, 0.3) is 5.91 Å². The number of nitrogens with one attached hydrogen (secondary N) is 2. The van der Waals surface area contributed by atoms with Crippen LogP contribution in [0.2, 0.25) is 0 Å². The van der Waals surface area contributed by atoms with Crippen molar-refractivity contribution in [3.63, 3.8) is 0 Å². The first-order valence-electron chi connectivity index (χ1n) is 9.04. The van der Waals surface area contributed by atoms with Gasteiger partial charge in [0.15, 0.2) is 5.11 Å². The van der Waals surface area contributed by atoms with Gasteiger partial charge in [-0.1, -0.05) is 31.4 Å². The molecule has 3 rings (SSSR count). The van der Waals surface area contributed by atoms with Gasteiger partial charge in [0.05, 0.1) is 11.3 Å². The number of anilines is 1. The Hall–Kier alpha value is -1.95. The Kier molecular flexibility index (Phi) is 5.68. The van der Waals surface area contributed by atoms with Gasteiger partial charge >= 0.3 is 0 Å². The van der Waals surface area contributed by atoms with Crippen LogP contribution in [-0.4, -0.2) is 30.0 Å². The number of hydrogen-bond donors (Lipinski definition) is 2. The molecule has 6 heteroatoms. The fourth-order valence-electron chi connectivity index (χ4n) is 3.21. The number of nitrogens with zero attached hydrogens (tertiary/aromatic N) is 1. The van der Waals surface area contributed by atoms with Gasteiger partial charge in [-0.3, -0.25) is 9.59 Å². The molecule has 0 saturated heterocycles. The maximum atomic E-state index is 12.7.